The van der Waals surface area contributed by atoms with Crippen molar-refractivity contribution >= 4 is 15.7 Å². The van der Waals surface area contributed by atoms with Crippen molar-refractivity contribution in [2.45, 2.75) is 57.8 Å². The quantitative estimate of drug-likeness (QED) is 0.405. The van der Waals surface area contributed by atoms with Gasteiger partial charge in [0, 0.05) is 18.0 Å². The number of amides is 1. The zero-order valence-corrected chi connectivity index (χ0v) is 23.2. The van der Waals surface area contributed by atoms with Crippen LogP contribution >= 0.6 is 0 Å². The van der Waals surface area contributed by atoms with Crippen molar-refractivity contribution in [1.82, 2.24) is 25.1 Å². The molecule has 3 aromatic heterocycles. The first kappa shape index (κ1) is 30.6. The number of aliphatic hydroxyl groups excluding tert-OH is 1. The molecular formula is C26H28F3N5O5S. The van der Waals surface area contributed by atoms with Crippen molar-refractivity contribution in [2.75, 3.05) is 12.4 Å². The van der Waals surface area contributed by atoms with Gasteiger partial charge in [-0.2, -0.15) is 18.3 Å². The van der Waals surface area contributed by atoms with E-state index in [1.807, 2.05) is 0 Å². The van der Waals surface area contributed by atoms with E-state index in [9.17, 15) is 26.4 Å². The normalized spacial score (nSPS) is 12.0. The standard InChI is InChI=1S/C26H28F3N5O5S/c1-6-40(37,38)19-10-9-18(31-14-19)13-32-23(36)22-16(2)24(34(33-22)25(3,4)5)39-20-15-30-12-17(8-7-11-35)21(20)26(27,28)29/h9-10,12,14-15,35H,6,11,13H2,1-5H3,(H,32,36). The fourth-order valence-corrected chi connectivity index (χ4v) is 4.36. The number of nitrogens with zero attached hydrogens (tertiary/aromatic N) is 4. The number of carbonyl (C=O) groups is 1. The molecule has 0 saturated carbocycles. The van der Waals surface area contributed by atoms with E-state index in [2.05, 4.69) is 32.2 Å². The molecule has 0 radical (unpaired) electrons. The lowest BCUT2D eigenvalue weighted by Gasteiger charge is -2.23. The molecule has 0 aliphatic rings. The molecule has 3 aromatic rings. The molecule has 14 heteroatoms. The highest BCUT2D eigenvalue weighted by molar-refractivity contribution is 7.91. The highest BCUT2D eigenvalue weighted by Gasteiger charge is 2.38. The van der Waals surface area contributed by atoms with Gasteiger partial charge in [-0.1, -0.05) is 18.8 Å². The van der Waals surface area contributed by atoms with Crippen LogP contribution in [0.2, 0.25) is 0 Å². The number of rotatable bonds is 7. The van der Waals surface area contributed by atoms with Crippen molar-refractivity contribution in [1.29, 1.82) is 0 Å². The third-order valence-electron chi connectivity index (χ3n) is 5.59. The first-order chi connectivity index (χ1) is 18.6. The van der Waals surface area contributed by atoms with Gasteiger partial charge in [0.05, 0.1) is 40.2 Å². The van der Waals surface area contributed by atoms with Gasteiger partial charge in [-0.25, -0.2) is 13.1 Å². The van der Waals surface area contributed by atoms with Crippen molar-refractivity contribution in [3.63, 3.8) is 0 Å². The summed E-state index contributed by atoms with van der Waals surface area (Å²) in [4.78, 5) is 21.0. The fraction of sp³-hybridized carbons (Fsp3) is 0.385. The van der Waals surface area contributed by atoms with Crippen LogP contribution in [0.5, 0.6) is 11.6 Å². The number of nitrogens with one attached hydrogen (secondary N) is 1. The Bertz CT molecular complexity index is 1570. The van der Waals surface area contributed by atoms with Crippen LogP contribution in [0, 0.1) is 18.8 Å². The number of ether oxygens (including phenoxy) is 1. The molecule has 0 atom stereocenters. The van der Waals surface area contributed by atoms with Crippen molar-refractivity contribution in [3.05, 3.63) is 58.8 Å². The van der Waals surface area contributed by atoms with E-state index >= 15 is 0 Å². The van der Waals surface area contributed by atoms with Crippen LogP contribution in [0.25, 0.3) is 0 Å². The van der Waals surface area contributed by atoms with E-state index in [1.54, 1.807) is 20.8 Å². The molecule has 0 spiro atoms. The molecule has 0 fully saturated rings. The second-order valence-electron chi connectivity index (χ2n) is 9.55. The first-order valence-corrected chi connectivity index (χ1v) is 13.6. The molecule has 2 N–H and O–H groups in total. The first-order valence-electron chi connectivity index (χ1n) is 12.0. The van der Waals surface area contributed by atoms with Crippen LogP contribution in [-0.2, 0) is 28.1 Å². The van der Waals surface area contributed by atoms with Crippen LogP contribution in [0.3, 0.4) is 0 Å². The number of hydrogen-bond donors (Lipinski definition) is 2. The van der Waals surface area contributed by atoms with Gasteiger partial charge in [0.1, 0.15) is 12.2 Å². The van der Waals surface area contributed by atoms with E-state index in [-0.39, 0.29) is 34.3 Å². The number of pyridine rings is 2. The molecule has 1 amide bonds. The summed E-state index contributed by atoms with van der Waals surface area (Å²) >= 11 is 0. The fourth-order valence-electron chi connectivity index (χ4n) is 3.54. The van der Waals surface area contributed by atoms with Crippen LogP contribution in [0.4, 0.5) is 13.2 Å². The maximum Gasteiger partial charge on any atom is 0.421 e. The van der Waals surface area contributed by atoms with Gasteiger partial charge in [0.25, 0.3) is 5.91 Å². The van der Waals surface area contributed by atoms with E-state index < -0.39 is 50.9 Å². The van der Waals surface area contributed by atoms with E-state index in [0.717, 1.165) is 12.4 Å². The minimum absolute atomic E-state index is 0.0585. The number of aliphatic hydroxyl groups is 1. The Balaban J connectivity index is 1.96. The second-order valence-corrected chi connectivity index (χ2v) is 11.8. The number of halogens is 3. The number of sulfone groups is 1. The molecule has 214 valence electrons. The van der Waals surface area contributed by atoms with E-state index in [0.29, 0.717) is 5.69 Å². The van der Waals surface area contributed by atoms with Gasteiger partial charge in [-0.3, -0.25) is 14.8 Å². The van der Waals surface area contributed by atoms with E-state index in [1.165, 1.54) is 36.9 Å². The topological polar surface area (TPSA) is 136 Å². The smallest absolute Gasteiger partial charge is 0.421 e. The van der Waals surface area contributed by atoms with Crippen molar-refractivity contribution in [3.8, 4) is 23.5 Å². The average molecular weight is 580 g/mol. The molecule has 0 saturated heterocycles. The van der Waals surface area contributed by atoms with Gasteiger partial charge in [0.2, 0.25) is 5.88 Å². The van der Waals surface area contributed by atoms with Gasteiger partial charge in [-0.15, -0.1) is 0 Å². The minimum atomic E-state index is -4.86. The molecule has 40 heavy (non-hydrogen) atoms. The maximum absolute atomic E-state index is 14.0. The average Bonchev–Trinajstić information content (AvgIpc) is 3.22. The summed E-state index contributed by atoms with van der Waals surface area (Å²) in [6.07, 6.45) is -1.85. The second kappa shape index (κ2) is 11.6. The molecular weight excluding hydrogens is 551 g/mol. The summed E-state index contributed by atoms with van der Waals surface area (Å²) < 4.78 is 73.0. The zero-order chi connectivity index (χ0) is 29.9. The largest absolute Gasteiger partial charge is 0.437 e. The van der Waals surface area contributed by atoms with E-state index in [4.69, 9.17) is 9.84 Å². The molecule has 3 heterocycles. The summed E-state index contributed by atoms with van der Waals surface area (Å²) in [5.74, 6) is 2.94. The zero-order valence-electron chi connectivity index (χ0n) is 22.4. The number of alkyl halides is 3. The molecule has 10 nitrogen and oxygen atoms in total. The summed E-state index contributed by atoms with van der Waals surface area (Å²) in [5, 5.41) is 15.9. The molecule has 0 aliphatic heterocycles. The molecule has 3 rings (SSSR count). The Morgan fingerprint density at radius 3 is 2.42 bits per heavy atom. The monoisotopic (exact) mass is 579 g/mol. The van der Waals surface area contributed by atoms with Crippen molar-refractivity contribution in [2.24, 2.45) is 0 Å². The molecule has 0 unspecified atom stereocenters. The third-order valence-corrected chi connectivity index (χ3v) is 7.31. The Morgan fingerprint density at radius 2 is 1.88 bits per heavy atom. The van der Waals surface area contributed by atoms with Crippen LogP contribution in [0.15, 0.2) is 35.6 Å². The molecule has 0 aliphatic carbocycles. The predicted octanol–water partition coefficient (Wildman–Crippen LogP) is 3.62. The molecule has 0 bridgehead atoms. The molecule has 0 aromatic carbocycles. The third kappa shape index (κ3) is 6.78. The summed E-state index contributed by atoms with van der Waals surface area (Å²) in [6.45, 7) is 7.49. The Hall–Kier alpha value is -3.96. The lowest BCUT2D eigenvalue weighted by Crippen LogP contribution is -2.27. The lowest BCUT2D eigenvalue weighted by molar-refractivity contribution is -0.138. The minimum Gasteiger partial charge on any atom is -0.437 e. The summed E-state index contributed by atoms with van der Waals surface area (Å²) in [5.41, 5.74) is -2.01. The Labute approximate surface area is 229 Å². The maximum atomic E-state index is 14.0. The number of aromatic nitrogens is 4. The SMILES string of the molecule is CCS(=O)(=O)c1ccc(CNC(=O)c2nn(C(C)(C)C)c(Oc3cncc(C#CCO)c3C(F)(F)F)c2C)nc1. The van der Waals surface area contributed by atoms with Crippen LogP contribution < -0.4 is 10.1 Å². The highest BCUT2D eigenvalue weighted by atomic mass is 32.2. The van der Waals surface area contributed by atoms with Gasteiger partial charge < -0.3 is 15.2 Å². The Morgan fingerprint density at radius 1 is 1.18 bits per heavy atom. The number of hydrogen-bond acceptors (Lipinski definition) is 8. The number of carbonyl (C=O) groups excluding carboxylic acids is 1. The van der Waals surface area contributed by atoms with Crippen LogP contribution in [-0.4, -0.2) is 51.5 Å². The Kier molecular flexibility index (Phi) is 8.90. The predicted molar refractivity (Wildman–Crippen MR) is 138 cm³/mol. The van der Waals surface area contributed by atoms with Gasteiger partial charge in [-0.05, 0) is 39.8 Å². The van der Waals surface area contributed by atoms with Crippen molar-refractivity contribution < 1.29 is 36.2 Å². The van der Waals surface area contributed by atoms with Crippen LogP contribution in [0.1, 0.15) is 60.6 Å². The lowest BCUT2D eigenvalue weighted by atomic mass is 10.1. The highest BCUT2D eigenvalue weighted by Crippen LogP contribution is 2.41. The summed E-state index contributed by atoms with van der Waals surface area (Å²) in [6, 6.07) is 2.86. The summed E-state index contributed by atoms with van der Waals surface area (Å²) in [7, 11) is -3.43. The van der Waals surface area contributed by atoms with Gasteiger partial charge >= 0.3 is 6.18 Å². The van der Waals surface area contributed by atoms with Gasteiger partial charge in [0.15, 0.2) is 21.3 Å².